The Bertz CT molecular complexity index is 608. The third-order valence-electron chi connectivity index (χ3n) is 5.90. The predicted molar refractivity (Wildman–Crippen MR) is 128 cm³/mol. The highest BCUT2D eigenvalue weighted by Gasteiger charge is 2.33. The van der Waals surface area contributed by atoms with Crippen LogP contribution in [0.4, 0.5) is 0 Å². The van der Waals surface area contributed by atoms with E-state index >= 15 is 0 Å². The Morgan fingerprint density at radius 3 is 2.46 bits per heavy atom. The number of guanidine groups is 1. The predicted octanol–water partition coefficient (Wildman–Crippen LogP) is 3.81. The highest BCUT2D eigenvalue weighted by molar-refractivity contribution is 14.0. The molecule has 0 amide bonds. The third kappa shape index (κ3) is 6.61. The smallest absolute Gasteiger partial charge is 0.191 e. The Labute approximate surface area is 188 Å². The van der Waals surface area contributed by atoms with Gasteiger partial charge in [0, 0.05) is 45.1 Å². The van der Waals surface area contributed by atoms with E-state index in [1.54, 1.807) is 7.11 Å². The third-order valence-corrected chi connectivity index (χ3v) is 5.90. The van der Waals surface area contributed by atoms with Crippen LogP contribution >= 0.6 is 24.0 Å². The molecule has 0 spiro atoms. The minimum absolute atomic E-state index is 0. The normalized spacial score (nSPS) is 16.1. The molecule has 1 saturated carbocycles. The minimum atomic E-state index is 0. The molecule has 1 heterocycles. The van der Waals surface area contributed by atoms with Gasteiger partial charge in [-0.2, -0.15) is 5.10 Å². The zero-order valence-electron chi connectivity index (χ0n) is 18.4. The number of halogens is 1. The van der Waals surface area contributed by atoms with Crippen molar-refractivity contribution >= 4 is 29.9 Å². The fourth-order valence-corrected chi connectivity index (χ4v) is 4.30. The van der Waals surface area contributed by atoms with E-state index in [4.69, 9.17) is 9.73 Å². The second-order valence-electron chi connectivity index (χ2n) is 7.70. The average Bonchev–Trinajstić information content (AvgIpc) is 3.26. The topological polar surface area (TPSA) is 63.5 Å². The first-order valence-corrected chi connectivity index (χ1v) is 10.6. The molecule has 1 aliphatic rings. The SMILES string of the molecule is CCNC(=NCc1c(CC)nn(C)c1CC)NCC1(CCOC)CCCC1.I. The Kier molecular flexibility index (Phi) is 11.4. The molecule has 0 aromatic carbocycles. The second kappa shape index (κ2) is 12.7. The number of methoxy groups -OCH3 is 1. The summed E-state index contributed by atoms with van der Waals surface area (Å²) in [6, 6.07) is 0. The number of rotatable bonds is 10. The molecule has 28 heavy (non-hydrogen) atoms. The van der Waals surface area contributed by atoms with Crippen LogP contribution in [0.2, 0.25) is 0 Å². The standard InChI is InChI=1S/C21H39N5O.HI/c1-6-18-17(19(7-2)26(4)25-18)15-23-20(22-8-3)24-16-21(13-14-27-5)11-9-10-12-21;/h6-16H2,1-5H3,(H2,22,23,24);1H. The van der Waals surface area contributed by atoms with Crippen LogP contribution in [0.5, 0.6) is 0 Å². The number of ether oxygens (including phenoxy) is 1. The van der Waals surface area contributed by atoms with Crippen molar-refractivity contribution in [3.8, 4) is 0 Å². The summed E-state index contributed by atoms with van der Waals surface area (Å²) in [6.45, 7) is 9.82. The average molecular weight is 505 g/mol. The molecule has 0 atom stereocenters. The van der Waals surface area contributed by atoms with Crippen molar-refractivity contribution in [2.24, 2.45) is 17.5 Å². The van der Waals surface area contributed by atoms with Gasteiger partial charge in [0.05, 0.1) is 12.2 Å². The summed E-state index contributed by atoms with van der Waals surface area (Å²) in [6.07, 6.45) is 8.28. The molecular weight excluding hydrogens is 465 g/mol. The van der Waals surface area contributed by atoms with Gasteiger partial charge in [-0.3, -0.25) is 4.68 Å². The number of nitrogens with one attached hydrogen (secondary N) is 2. The highest BCUT2D eigenvalue weighted by Crippen LogP contribution is 2.40. The Hall–Kier alpha value is -0.830. The van der Waals surface area contributed by atoms with Crippen molar-refractivity contribution in [2.45, 2.75) is 72.3 Å². The Morgan fingerprint density at radius 1 is 1.18 bits per heavy atom. The highest BCUT2D eigenvalue weighted by atomic mass is 127. The summed E-state index contributed by atoms with van der Waals surface area (Å²) in [5.74, 6) is 0.911. The first-order chi connectivity index (χ1) is 13.1. The number of aliphatic imine (C=N–C) groups is 1. The maximum Gasteiger partial charge on any atom is 0.191 e. The van der Waals surface area contributed by atoms with E-state index in [2.05, 4.69) is 36.5 Å². The molecular formula is C21H40IN5O. The summed E-state index contributed by atoms with van der Waals surface area (Å²) in [4.78, 5) is 4.90. The monoisotopic (exact) mass is 505 g/mol. The van der Waals surface area contributed by atoms with Crippen molar-refractivity contribution in [3.63, 3.8) is 0 Å². The lowest BCUT2D eigenvalue weighted by atomic mass is 9.83. The number of aromatic nitrogens is 2. The van der Waals surface area contributed by atoms with Crippen LogP contribution in [0.25, 0.3) is 0 Å². The first kappa shape index (κ1) is 25.2. The summed E-state index contributed by atoms with van der Waals surface area (Å²) in [7, 11) is 3.83. The number of hydrogen-bond acceptors (Lipinski definition) is 3. The largest absolute Gasteiger partial charge is 0.385 e. The lowest BCUT2D eigenvalue weighted by Crippen LogP contribution is -2.43. The molecule has 0 radical (unpaired) electrons. The zero-order chi connectivity index (χ0) is 19.7. The molecule has 1 fully saturated rings. The molecule has 6 nitrogen and oxygen atoms in total. The lowest BCUT2D eigenvalue weighted by Gasteiger charge is -2.30. The van der Waals surface area contributed by atoms with E-state index in [-0.39, 0.29) is 24.0 Å². The summed E-state index contributed by atoms with van der Waals surface area (Å²) in [5, 5.41) is 11.7. The van der Waals surface area contributed by atoms with Crippen LogP contribution in [0.1, 0.15) is 69.8 Å². The molecule has 1 aromatic heterocycles. The molecule has 2 rings (SSSR count). The Balaban J connectivity index is 0.00000392. The molecule has 162 valence electrons. The maximum atomic E-state index is 5.36. The van der Waals surface area contributed by atoms with Crippen LogP contribution in [0.15, 0.2) is 4.99 Å². The van der Waals surface area contributed by atoms with E-state index < -0.39 is 0 Å². The van der Waals surface area contributed by atoms with E-state index in [1.165, 1.54) is 42.6 Å². The van der Waals surface area contributed by atoms with Crippen molar-refractivity contribution in [3.05, 3.63) is 17.0 Å². The molecule has 0 aliphatic heterocycles. The van der Waals surface area contributed by atoms with E-state index in [0.717, 1.165) is 44.9 Å². The second-order valence-corrected chi connectivity index (χ2v) is 7.70. The molecule has 0 saturated heterocycles. The van der Waals surface area contributed by atoms with Crippen LogP contribution in [-0.4, -0.2) is 42.5 Å². The number of hydrogen-bond donors (Lipinski definition) is 2. The summed E-state index contributed by atoms with van der Waals surface area (Å²) in [5.41, 5.74) is 4.10. The van der Waals surface area contributed by atoms with Crippen LogP contribution < -0.4 is 10.6 Å². The van der Waals surface area contributed by atoms with Gasteiger partial charge >= 0.3 is 0 Å². The van der Waals surface area contributed by atoms with Gasteiger partial charge in [-0.1, -0.05) is 26.7 Å². The van der Waals surface area contributed by atoms with Crippen molar-refractivity contribution in [2.75, 3.05) is 26.8 Å². The number of aryl methyl sites for hydroxylation is 2. The molecule has 2 N–H and O–H groups in total. The van der Waals surface area contributed by atoms with Crippen LogP contribution in [-0.2, 0) is 31.2 Å². The Morgan fingerprint density at radius 2 is 1.89 bits per heavy atom. The lowest BCUT2D eigenvalue weighted by molar-refractivity contribution is 0.138. The molecule has 1 aromatic rings. The fraction of sp³-hybridized carbons (Fsp3) is 0.810. The van der Waals surface area contributed by atoms with Gasteiger partial charge in [-0.05, 0) is 44.4 Å². The molecule has 0 unspecified atom stereocenters. The minimum Gasteiger partial charge on any atom is -0.385 e. The molecule has 7 heteroatoms. The van der Waals surface area contributed by atoms with Gasteiger partial charge in [0.15, 0.2) is 5.96 Å². The quantitative estimate of drug-likeness (QED) is 0.289. The van der Waals surface area contributed by atoms with Gasteiger partial charge < -0.3 is 15.4 Å². The molecule has 1 aliphatic carbocycles. The van der Waals surface area contributed by atoms with Crippen molar-refractivity contribution in [1.29, 1.82) is 0 Å². The van der Waals surface area contributed by atoms with Crippen LogP contribution in [0.3, 0.4) is 0 Å². The van der Waals surface area contributed by atoms with Crippen molar-refractivity contribution < 1.29 is 4.74 Å². The van der Waals surface area contributed by atoms with E-state index in [1.807, 2.05) is 11.7 Å². The van der Waals surface area contributed by atoms with Gasteiger partial charge in [0.1, 0.15) is 0 Å². The van der Waals surface area contributed by atoms with Gasteiger partial charge in [-0.25, -0.2) is 4.99 Å². The van der Waals surface area contributed by atoms with E-state index in [0.29, 0.717) is 12.0 Å². The summed E-state index contributed by atoms with van der Waals surface area (Å²) < 4.78 is 7.38. The van der Waals surface area contributed by atoms with Gasteiger partial charge in [-0.15, -0.1) is 24.0 Å². The summed E-state index contributed by atoms with van der Waals surface area (Å²) >= 11 is 0. The van der Waals surface area contributed by atoms with Crippen LogP contribution in [0, 0.1) is 5.41 Å². The van der Waals surface area contributed by atoms with Crippen molar-refractivity contribution in [1.82, 2.24) is 20.4 Å². The van der Waals surface area contributed by atoms with E-state index in [9.17, 15) is 0 Å². The fourth-order valence-electron chi connectivity index (χ4n) is 4.30. The maximum absolute atomic E-state index is 5.36. The molecule has 0 bridgehead atoms. The first-order valence-electron chi connectivity index (χ1n) is 10.6. The zero-order valence-corrected chi connectivity index (χ0v) is 20.8. The van der Waals surface area contributed by atoms with Gasteiger partial charge in [0.2, 0.25) is 0 Å². The van der Waals surface area contributed by atoms with Gasteiger partial charge in [0.25, 0.3) is 0 Å². The number of nitrogens with zero attached hydrogens (tertiary/aromatic N) is 3.